The number of aromatic nitrogens is 2. The van der Waals surface area contributed by atoms with E-state index in [2.05, 4.69) is 26.1 Å². The Bertz CT molecular complexity index is 491. The normalized spacial score (nSPS) is 10.5. The molecule has 0 radical (unpaired) electrons. The Morgan fingerprint density at radius 1 is 1.67 bits per heavy atom. The third-order valence-electron chi connectivity index (χ3n) is 1.98. The van der Waals surface area contributed by atoms with Crippen LogP contribution in [0, 0.1) is 0 Å². The van der Waals surface area contributed by atoms with Gasteiger partial charge in [-0.2, -0.15) is 5.10 Å². The molecule has 0 fully saturated rings. The van der Waals surface area contributed by atoms with Crippen molar-refractivity contribution in [2.75, 3.05) is 5.73 Å². The van der Waals surface area contributed by atoms with Gasteiger partial charge in [-0.05, 0) is 27.4 Å². The molecule has 0 spiro atoms. The van der Waals surface area contributed by atoms with Crippen molar-refractivity contribution in [3.8, 4) is 0 Å². The molecule has 2 aromatic heterocycles. The molecule has 0 saturated carbocycles. The van der Waals surface area contributed by atoms with Crippen LogP contribution in [-0.2, 0) is 6.42 Å². The Kier molecular flexibility index (Phi) is 2.88. The highest BCUT2D eigenvalue weighted by Crippen LogP contribution is 2.24. The van der Waals surface area contributed by atoms with E-state index in [1.807, 2.05) is 11.4 Å². The fourth-order valence-electron chi connectivity index (χ4n) is 1.21. The molecule has 0 bridgehead atoms. The number of hydrogen-bond acceptors (Lipinski definition) is 4. The number of anilines is 1. The van der Waals surface area contributed by atoms with Crippen molar-refractivity contribution < 1.29 is 4.79 Å². The number of thiophene rings is 1. The second-order valence-corrected chi connectivity index (χ2v) is 4.84. The Balaban J connectivity index is 2.18. The number of H-pyrrole nitrogens is 1. The van der Waals surface area contributed by atoms with Gasteiger partial charge >= 0.3 is 0 Å². The Morgan fingerprint density at radius 3 is 3.00 bits per heavy atom. The number of hydrogen-bond donors (Lipinski definition) is 2. The number of aromatic amines is 1. The Morgan fingerprint density at radius 2 is 2.47 bits per heavy atom. The molecule has 0 aromatic carbocycles. The van der Waals surface area contributed by atoms with Crippen molar-refractivity contribution in [1.82, 2.24) is 10.2 Å². The third-order valence-corrected chi connectivity index (χ3v) is 3.91. The fourth-order valence-corrected chi connectivity index (χ4v) is 2.70. The number of nitrogen functional groups attached to an aromatic ring is 1. The molecule has 0 aliphatic rings. The lowest BCUT2D eigenvalue weighted by atomic mass is 10.1. The number of rotatable bonds is 3. The van der Waals surface area contributed by atoms with Gasteiger partial charge in [0.25, 0.3) is 0 Å². The van der Waals surface area contributed by atoms with Gasteiger partial charge in [0.15, 0.2) is 5.78 Å². The molecule has 2 aromatic rings. The highest BCUT2D eigenvalue weighted by atomic mass is 79.9. The molecule has 0 unspecified atom stereocenters. The van der Waals surface area contributed by atoms with Crippen LogP contribution < -0.4 is 5.73 Å². The number of carbonyl (C=O) groups is 1. The molecular weight excluding hydrogens is 278 g/mol. The number of nitrogens with one attached hydrogen (secondary N) is 1. The van der Waals surface area contributed by atoms with Crippen LogP contribution in [0.3, 0.4) is 0 Å². The molecule has 0 aliphatic heterocycles. The van der Waals surface area contributed by atoms with Gasteiger partial charge in [-0.3, -0.25) is 9.89 Å². The molecule has 15 heavy (non-hydrogen) atoms. The van der Waals surface area contributed by atoms with Crippen LogP contribution in [-0.4, -0.2) is 16.0 Å². The first kappa shape index (κ1) is 10.4. The van der Waals surface area contributed by atoms with E-state index in [0.29, 0.717) is 17.8 Å². The molecular formula is C9H8BrN3OS. The molecule has 0 aliphatic carbocycles. The summed E-state index contributed by atoms with van der Waals surface area (Å²) in [7, 11) is 0. The van der Waals surface area contributed by atoms with Gasteiger partial charge in [-0.15, -0.1) is 11.3 Å². The molecule has 4 nitrogen and oxygen atoms in total. The SMILES string of the molecule is Nc1[nH]ncc1C(=O)Cc1sccc1Br. The van der Waals surface area contributed by atoms with Crippen LogP contribution in [0.4, 0.5) is 5.82 Å². The summed E-state index contributed by atoms with van der Waals surface area (Å²) in [6, 6.07) is 1.92. The van der Waals surface area contributed by atoms with Gasteiger partial charge in [-0.1, -0.05) is 0 Å². The van der Waals surface area contributed by atoms with Gasteiger partial charge in [0, 0.05) is 15.8 Å². The van der Waals surface area contributed by atoms with Crippen LogP contribution in [0.2, 0.25) is 0 Å². The van der Waals surface area contributed by atoms with Gasteiger partial charge in [0.05, 0.1) is 11.8 Å². The van der Waals surface area contributed by atoms with Crippen LogP contribution in [0.15, 0.2) is 22.1 Å². The van der Waals surface area contributed by atoms with Gasteiger partial charge < -0.3 is 5.73 Å². The van der Waals surface area contributed by atoms with Crippen molar-refractivity contribution in [3.63, 3.8) is 0 Å². The number of ketones is 1. The summed E-state index contributed by atoms with van der Waals surface area (Å²) in [6.45, 7) is 0. The van der Waals surface area contributed by atoms with Gasteiger partial charge in [0.2, 0.25) is 0 Å². The fraction of sp³-hybridized carbons (Fsp3) is 0.111. The first-order valence-electron chi connectivity index (χ1n) is 4.22. The summed E-state index contributed by atoms with van der Waals surface area (Å²) in [5, 5.41) is 8.19. The monoisotopic (exact) mass is 285 g/mol. The Labute approximate surface area is 98.6 Å². The number of Topliss-reactive ketones (excluding diaryl/α,β-unsaturated/α-hetero) is 1. The van der Waals surface area contributed by atoms with Gasteiger partial charge in [0.1, 0.15) is 5.82 Å². The summed E-state index contributed by atoms with van der Waals surface area (Å²) in [5.74, 6) is 0.303. The molecule has 6 heteroatoms. The molecule has 2 heterocycles. The lowest BCUT2D eigenvalue weighted by molar-refractivity contribution is 0.0994. The highest BCUT2D eigenvalue weighted by molar-refractivity contribution is 9.10. The zero-order valence-electron chi connectivity index (χ0n) is 7.66. The summed E-state index contributed by atoms with van der Waals surface area (Å²) in [6.07, 6.45) is 1.81. The Hall–Kier alpha value is -1.14. The molecule has 2 rings (SSSR count). The first-order chi connectivity index (χ1) is 7.18. The lowest BCUT2D eigenvalue weighted by Crippen LogP contribution is -2.04. The molecule has 3 N–H and O–H groups in total. The third kappa shape index (κ3) is 2.10. The summed E-state index contributed by atoms with van der Waals surface area (Å²) in [5.41, 5.74) is 6.02. The number of carbonyl (C=O) groups excluding carboxylic acids is 1. The van der Waals surface area contributed by atoms with E-state index in [4.69, 9.17) is 5.73 Å². The second-order valence-electron chi connectivity index (χ2n) is 2.99. The average molecular weight is 286 g/mol. The zero-order valence-corrected chi connectivity index (χ0v) is 10.1. The second kappa shape index (κ2) is 4.16. The smallest absolute Gasteiger partial charge is 0.173 e. The minimum absolute atomic E-state index is 0.0237. The van der Waals surface area contributed by atoms with E-state index in [1.54, 1.807) is 11.3 Å². The highest BCUT2D eigenvalue weighted by Gasteiger charge is 2.14. The van der Waals surface area contributed by atoms with Crippen molar-refractivity contribution in [1.29, 1.82) is 0 Å². The summed E-state index contributed by atoms with van der Waals surface area (Å²) in [4.78, 5) is 12.8. The largest absolute Gasteiger partial charge is 0.383 e. The summed E-state index contributed by atoms with van der Waals surface area (Å²) >= 11 is 4.92. The van der Waals surface area contributed by atoms with Crippen LogP contribution in [0.1, 0.15) is 15.2 Å². The van der Waals surface area contributed by atoms with E-state index in [-0.39, 0.29) is 5.78 Å². The van der Waals surface area contributed by atoms with Gasteiger partial charge in [-0.25, -0.2) is 0 Å². The predicted octanol–water partition coefficient (Wildman–Crippen LogP) is 2.24. The van der Waals surface area contributed by atoms with E-state index < -0.39 is 0 Å². The first-order valence-corrected chi connectivity index (χ1v) is 5.89. The number of nitrogens with two attached hydrogens (primary N) is 1. The number of nitrogens with zero attached hydrogens (tertiary/aromatic N) is 1. The standard InChI is InChI=1S/C9H8BrN3OS/c10-6-1-2-15-8(6)3-7(14)5-4-12-13-9(5)11/h1-2,4H,3H2,(H3,11,12,13). The zero-order chi connectivity index (χ0) is 10.8. The van der Waals surface area contributed by atoms with Crippen LogP contribution in [0.5, 0.6) is 0 Å². The molecule has 0 amide bonds. The topological polar surface area (TPSA) is 71.8 Å². The van der Waals surface area contributed by atoms with Crippen LogP contribution >= 0.6 is 27.3 Å². The molecule has 0 atom stereocenters. The van der Waals surface area contributed by atoms with E-state index >= 15 is 0 Å². The van der Waals surface area contributed by atoms with Crippen molar-refractivity contribution >= 4 is 38.9 Å². The maximum atomic E-state index is 11.8. The van der Waals surface area contributed by atoms with Crippen LogP contribution in [0.25, 0.3) is 0 Å². The molecule has 78 valence electrons. The summed E-state index contributed by atoms with van der Waals surface area (Å²) < 4.78 is 0.961. The quantitative estimate of drug-likeness (QED) is 0.850. The van der Waals surface area contributed by atoms with E-state index in [0.717, 1.165) is 9.35 Å². The predicted molar refractivity (Wildman–Crippen MR) is 63.1 cm³/mol. The van der Waals surface area contributed by atoms with E-state index in [9.17, 15) is 4.79 Å². The van der Waals surface area contributed by atoms with E-state index in [1.165, 1.54) is 6.20 Å². The number of halogens is 1. The maximum Gasteiger partial charge on any atom is 0.173 e. The van der Waals surface area contributed by atoms with Crippen molar-refractivity contribution in [2.24, 2.45) is 0 Å². The maximum absolute atomic E-state index is 11.8. The minimum atomic E-state index is -0.0237. The van der Waals surface area contributed by atoms with Crippen molar-refractivity contribution in [3.05, 3.63) is 32.6 Å². The minimum Gasteiger partial charge on any atom is -0.383 e. The van der Waals surface area contributed by atoms with Crippen molar-refractivity contribution in [2.45, 2.75) is 6.42 Å². The lowest BCUT2D eigenvalue weighted by Gasteiger charge is -1.97. The average Bonchev–Trinajstić information content (AvgIpc) is 2.76. The molecule has 0 saturated heterocycles.